The fraction of sp³-hybridized carbons (Fsp3) is 0.250. The standard InChI is InChI=1S/C8H11OP/c1-6-3-4-8(10-9)7(2)5-6/h3-5,9-10H,1-2H3. The van der Waals surface area contributed by atoms with Gasteiger partial charge in [0.2, 0.25) is 0 Å². The van der Waals surface area contributed by atoms with E-state index in [2.05, 4.69) is 13.0 Å². The summed E-state index contributed by atoms with van der Waals surface area (Å²) in [5.41, 5.74) is 2.43. The Morgan fingerprint density at radius 2 is 2.00 bits per heavy atom. The minimum atomic E-state index is -0.0748. The second-order valence-corrected chi connectivity index (χ2v) is 3.19. The predicted molar refractivity (Wildman–Crippen MR) is 46.1 cm³/mol. The molecule has 1 aromatic rings. The molecule has 10 heavy (non-hydrogen) atoms. The van der Waals surface area contributed by atoms with Gasteiger partial charge >= 0.3 is 0 Å². The van der Waals surface area contributed by atoms with Crippen LogP contribution in [0.15, 0.2) is 18.2 Å². The molecule has 0 aliphatic carbocycles. The Labute approximate surface area is 63.0 Å². The molecule has 0 heterocycles. The van der Waals surface area contributed by atoms with Gasteiger partial charge in [0.1, 0.15) is 0 Å². The van der Waals surface area contributed by atoms with Crippen molar-refractivity contribution in [3.05, 3.63) is 29.3 Å². The lowest BCUT2D eigenvalue weighted by Crippen LogP contribution is -1.98. The third-order valence-corrected chi connectivity index (χ3v) is 2.30. The molecule has 0 aromatic heterocycles. The maximum Gasteiger partial charge on any atom is 0.0422 e. The minimum Gasteiger partial charge on any atom is -0.372 e. The lowest BCUT2D eigenvalue weighted by molar-refractivity contribution is 0.655. The first kappa shape index (κ1) is 7.71. The zero-order valence-corrected chi connectivity index (χ0v) is 7.18. The van der Waals surface area contributed by atoms with Gasteiger partial charge in [-0.1, -0.05) is 23.8 Å². The maximum absolute atomic E-state index is 8.84. The Morgan fingerprint density at radius 3 is 2.50 bits per heavy atom. The second-order valence-electron chi connectivity index (χ2n) is 2.43. The third-order valence-electron chi connectivity index (χ3n) is 1.50. The van der Waals surface area contributed by atoms with E-state index in [1.54, 1.807) is 0 Å². The molecule has 1 nitrogen and oxygen atoms in total. The number of aryl methyl sites for hydroxylation is 2. The van der Waals surface area contributed by atoms with E-state index in [0.717, 1.165) is 5.30 Å². The molecule has 0 radical (unpaired) electrons. The van der Waals surface area contributed by atoms with Crippen molar-refractivity contribution in [1.29, 1.82) is 0 Å². The van der Waals surface area contributed by atoms with Gasteiger partial charge in [0.25, 0.3) is 0 Å². The molecule has 1 unspecified atom stereocenters. The van der Waals surface area contributed by atoms with Gasteiger partial charge in [-0.15, -0.1) is 0 Å². The molecule has 0 bridgehead atoms. The van der Waals surface area contributed by atoms with Crippen LogP contribution in [0.3, 0.4) is 0 Å². The van der Waals surface area contributed by atoms with Crippen LogP contribution in [0.1, 0.15) is 11.1 Å². The number of hydrogen-bond acceptors (Lipinski definition) is 1. The predicted octanol–water partition coefficient (Wildman–Crippen LogP) is 1.51. The summed E-state index contributed by atoms with van der Waals surface area (Å²) in [6.45, 7) is 4.07. The molecule has 2 heteroatoms. The van der Waals surface area contributed by atoms with E-state index in [0.29, 0.717) is 0 Å². The molecule has 0 aliphatic heterocycles. The fourth-order valence-electron chi connectivity index (χ4n) is 0.939. The van der Waals surface area contributed by atoms with Crippen LogP contribution in [-0.2, 0) is 0 Å². The number of benzene rings is 1. The molecule has 0 spiro atoms. The van der Waals surface area contributed by atoms with Crippen molar-refractivity contribution in [3.63, 3.8) is 0 Å². The maximum atomic E-state index is 8.84. The molecule has 54 valence electrons. The van der Waals surface area contributed by atoms with E-state index in [-0.39, 0.29) is 8.81 Å². The third kappa shape index (κ3) is 1.56. The Bertz CT molecular complexity index is 233. The minimum absolute atomic E-state index is 0.0748. The van der Waals surface area contributed by atoms with Crippen LogP contribution in [0.2, 0.25) is 0 Å². The lowest BCUT2D eigenvalue weighted by atomic mass is 10.2. The van der Waals surface area contributed by atoms with Crippen LogP contribution in [0.4, 0.5) is 0 Å². The van der Waals surface area contributed by atoms with Crippen molar-refractivity contribution in [1.82, 2.24) is 0 Å². The topological polar surface area (TPSA) is 20.2 Å². The highest BCUT2D eigenvalue weighted by molar-refractivity contribution is 7.41. The zero-order valence-electron chi connectivity index (χ0n) is 6.18. The summed E-state index contributed by atoms with van der Waals surface area (Å²) in [7, 11) is -0.0748. The van der Waals surface area contributed by atoms with E-state index in [1.165, 1.54) is 11.1 Å². The summed E-state index contributed by atoms with van der Waals surface area (Å²) < 4.78 is 0. The van der Waals surface area contributed by atoms with Crippen molar-refractivity contribution >= 4 is 14.1 Å². The van der Waals surface area contributed by atoms with Gasteiger partial charge in [-0.3, -0.25) is 0 Å². The Balaban J connectivity index is 3.07. The van der Waals surface area contributed by atoms with Crippen LogP contribution in [0, 0.1) is 13.8 Å². The highest BCUT2D eigenvalue weighted by atomic mass is 31.1. The summed E-state index contributed by atoms with van der Waals surface area (Å²) in [5, 5.41) is 1.05. The molecule has 0 saturated heterocycles. The van der Waals surface area contributed by atoms with Crippen molar-refractivity contribution < 1.29 is 4.89 Å². The molecule has 0 fully saturated rings. The molecule has 0 aliphatic rings. The van der Waals surface area contributed by atoms with Gasteiger partial charge in [0, 0.05) is 14.1 Å². The molecule has 1 atom stereocenters. The van der Waals surface area contributed by atoms with Gasteiger partial charge in [-0.25, -0.2) is 0 Å². The first-order valence-electron chi connectivity index (χ1n) is 3.21. The van der Waals surface area contributed by atoms with Crippen molar-refractivity contribution in [2.24, 2.45) is 0 Å². The highest BCUT2D eigenvalue weighted by Gasteiger charge is 1.94. The normalized spacial score (nSPS) is 11.1. The molecule has 1 N–H and O–H groups in total. The molecule has 0 amide bonds. The summed E-state index contributed by atoms with van der Waals surface area (Å²) >= 11 is 0. The van der Waals surface area contributed by atoms with Gasteiger partial charge in [0.05, 0.1) is 0 Å². The highest BCUT2D eigenvalue weighted by Crippen LogP contribution is 2.09. The monoisotopic (exact) mass is 154 g/mol. The summed E-state index contributed by atoms with van der Waals surface area (Å²) in [5.74, 6) is 0. The van der Waals surface area contributed by atoms with Crippen molar-refractivity contribution in [2.75, 3.05) is 0 Å². The molecule has 1 rings (SSSR count). The lowest BCUT2D eigenvalue weighted by Gasteiger charge is -2.01. The van der Waals surface area contributed by atoms with Crippen LogP contribution in [0.25, 0.3) is 0 Å². The van der Waals surface area contributed by atoms with Gasteiger partial charge < -0.3 is 4.89 Å². The van der Waals surface area contributed by atoms with Crippen LogP contribution < -0.4 is 5.30 Å². The molecular formula is C8H11OP. The first-order valence-corrected chi connectivity index (χ1v) is 4.16. The number of rotatable bonds is 1. The average molecular weight is 154 g/mol. The van der Waals surface area contributed by atoms with E-state index >= 15 is 0 Å². The summed E-state index contributed by atoms with van der Waals surface area (Å²) in [4.78, 5) is 8.84. The first-order chi connectivity index (χ1) is 4.74. The van der Waals surface area contributed by atoms with Crippen LogP contribution in [-0.4, -0.2) is 4.89 Å². The summed E-state index contributed by atoms with van der Waals surface area (Å²) in [6.07, 6.45) is 0. The average Bonchev–Trinajstić information content (AvgIpc) is 1.88. The zero-order chi connectivity index (χ0) is 7.56. The largest absolute Gasteiger partial charge is 0.372 e. The number of hydrogen-bond donors (Lipinski definition) is 1. The summed E-state index contributed by atoms with van der Waals surface area (Å²) in [6, 6.07) is 6.08. The van der Waals surface area contributed by atoms with E-state index in [4.69, 9.17) is 4.89 Å². The van der Waals surface area contributed by atoms with Crippen LogP contribution in [0.5, 0.6) is 0 Å². The van der Waals surface area contributed by atoms with E-state index < -0.39 is 0 Å². The Kier molecular flexibility index (Phi) is 2.42. The second kappa shape index (κ2) is 3.14. The van der Waals surface area contributed by atoms with E-state index in [1.807, 2.05) is 19.1 Å². The molecular weight excluding hydrogens is 143 g/mol. The Morgan fingerprint density at radius 1 is 1.30 bits per heavy atom. The van der Waals surface area contributed by atoms with Crippen molar-refractivity contribution in [3.8, 4) is 0 Å². The van der Waals surface area contributed by atoms with Gasteiger partial charge in [-0.2, -0.15) is 0 Å². The SMILES string of the molecule is Cc1ccc(PO)c(C)c1. The van der Waals surface area contributed by atoms with E-state index in [9.17, 15) is 0 Å². The smallest absolute Gasteiger partial charge is 0.0422 e. The van der Waals surface area contributed by atoms with Gasteiger partial charge in [-0.05, 0) is 19.4 Å². The van der Waals surface area contributed by atoms with Crippen molar-refractivity contribution in [2.45, 2.75) is 13.8 Å². The quantitative estimate of drug-likeness (QED) is 0.608. The fourth-order valence-corrected chi connectivity index (χ4v) is 1.35. The van der Waals surface area contributed by atoms with Gasteiger partial charge in [0.15, 0.2) is 0 Å². The molecule has 1 aromatic carbocycles. The molecule has 0 saturated carbocycles. The van der Waals surface area contributed by atoms with Crippen LogP contribution >= 0.6 is 8.81 Å². The Hall–Kier alpha value is -0.390.